The van der Waals surface area contributed by atoms with Crippen molar-refractivity contribution in [3.05, 3.63) is 22.9 Å². The van der Waals surface area contributed by atoms with Gasteiger partial charge in [0.1, 0.15) is 5.78 Å². The van der Waals surface area contributed by atoms with E-state index < -0.39 is 5.97 Å². The highest BCUT2D eigenvalue weighted by Gasteiger charge is 2.66. The van der Waals surface area contributed by atoms with Crippen LogP contribution in [-0.2, 0) is 14.4 Å². The number of likely N-dealkylation sites (N-methyl/N-ethyl adjacent to an activating group) is 1. The largest absolute Gasteiger partial charge is 0.481 e. The molecule has 6 aliphatic carbocycles. The van der Waals surface area contributed by atoms with Gasteiger partial charge in [0.05, 0.1) is 5.92 Å². The Hall–Kier alpha value is -2.92. The van der Waals surface area contributed by atoms with Gasteiger partial charge in [0.15, 0.2) is 5.78 Å². The second kappa shape index (κ2) is 16.5. The monoisotopic (exact) mass is 807 g/mol. The number of hydrogen-bond donors (Lipinski definition) is 2. The molecule has 58 heavy (non-hydrogen) atoms. The zero-order chi connectivity index (χ0) is 42.7. The highest BCUT2D eigenvalue weighted by atomic mass is 16.4. The van der Waals surface area contributed by atoms with Gasteiger partial charge in [-0.25, -0.2) is 0 Å². The molecule has 0 bridgehead atoms. The van der Waals surface area contributed by atoms with Crippen molar-refractivity contribution in [3.8, 4) is 0 Å². The van der Waals surface area contributed by atoms with Crippen LogP contribution in [-0.4, -0.2) is 94.5 Å². The van der Waals surface area contributed by atoms with E-state index in [2.05, 4.69) is 56.6 Å². The molecule has 11 atom stereocenters. The standard InChI is InChI=1S/C46H70N4O6.CH4O/c1-26(2)38-35(52)25-46(19-20-50(22-21-49(9)10)41(53)40-48-47-28(4)56-40)18-14-33-30(39(38)46)11-12-37-44(33,7)17-15-36-43(5,6)29(13-16-45(36,37)8)23-34(51)31-24-32(27(31)3)42(54)55;1-2/h26-27,29-33,36-37H,11-25H2,1-10H3,(H,54,55);2H,1H3. The molecule has 11 nitrogen and oxygen atoms in total. The lowest BCUT2D eigenvalue weighted by atomic mass is 9.35. The first-order valence-corrected chi connectivity index (χ1v) is 22.5. The predicted molar refractivity (Wildman–Crippen MR) is 223 cm³/mol. The zero-order valence-corrected chi connectivity index (χ0v) is 37.5. The Kier molecular flexibility index (Phi) is 12.7. The van der Waals surface area contributed by atoms with Crippen LogP contribution in [0.5, 0.6) is 0 Å². The average molecular weight is 807 g/mol. The summed E-state index contributed by atoms with van der Waals surface area (Å²) in [4.78, 5) is 57.1. The number of nitrogens with zero attached hydrogens (tertiary/aromatic N) is 4. The fraction of sp³-hybridized carbons (Fsp3) is 0.830. The first kappa shape index (κ1) is 44.6. The Labute approximate surface area is 347 Å². The maximum Gasteiger partial charge on any atom is 0.311 e. The highest BCUT2D eigenvalue weighted by Crippen LogP contribution is 2.74. The number of aliphatic hydroxyl groups is 1. The van der Waals surface area contributed by atoms with Crippen LogP contribution in [0.25, 0.3) is 0 Å². The van der Waals surface area contributed by atoms with Crippen molar-refractivity contribution < 1.29 is 33.8 Å². The van der Waals surface area contributed by atoms with Crippen LogP contribution in [0, 0.1) is 81.8 Å². The Bertz CT molecular complexity index is 1770. The van der Waals surface area contributed by atoms with Gasteiger partial charge in [-0.15, -0.1) is 10.2 Å². The van der Waals surface area contributed by atoms with Gasteiger partial charge in [-0.3, -0.25) is 19.2 Å². The number of amides is 1. The molecule has 5 saturated carbocycles. The lowest BCUT2D eigenvalue weighted by Gasteiger charge is -2.69. The molecule has 7 rings (SSSR count). The Morgan fingerprint density at radius 2 is 1.57 bits per heavy atom. The highest BCUT2D eigenvalue weighted by molar-refractivity contribution is 6.00. The quantitative estimate of drug-likeness (QED) is 0.213. The maximum atomic E-state index is 14.2. The topological polar surface area (TPSA) is 154 Å². The molecule has 1 heterocycles. The van der Waals surface area contributed by atoms with Crippen LogP contribution in [0.4, 0.5) is 0 Å². The number of carbonyl (C=O) groups excluding carboxylic acids is 3. The van der Waals surface area contributed by atoms with Crippen molar-refractivity contribution in [1.29, 1.82) is 0 Å². The first-order valence-electron chi connectivity index (χ1n) is 22.5. The third-order valence-corrected chi connectivity index (χ3v) is 17.6. The van der Waals surface area contributed by atoms with E-state index in [-0.39, 0.29) is 57.1 Å². The minimum absolute atomic E-state index is 0.0305. The lowest BCUT2D eigenvalue weighted by molar-refractivity contribution is -0.193. The Morgan fingerprint density at radius 1 is 0.879 bits per heavy atom. The van der Waals surface area contributed by atoms with Crippen molar-refractivity contribution in [2.75, 3.05) is 40.8 Å². The number of aliphatic hydroxyl groups excluding tert-OH is 1. The summed E-state index contributed by atoms with van der Waals surface area (Å²) in [5, 5.41) is 24.5. The van der Waals surface area contributed by atoms with Crippen LogP contribution >= 0.6 is 0 Å². The summed E-state index contributed by atoms with van der Waals surface area (Å²) < 4.78 is 5.60. The second-order valence-corrected chi connectivity index (χ2v) is 21.2. The van der Waals surface area contributed by atoms with E-state index in [0.29, 0.717) is 79.4 Å². The smallest absolute Gasteiger partial charge is 0.311 e. The van der Waals surface area contributed by atoms with E-state index in [9.17, 15) is 24.3 Å². The summed E-state index contributed by atoms with van der Waals surface area (Å²) in [6.07, 6.45) is 11.4. The summed E-state index contributed by atoms with van der Waals surface area (Å²) in [6.45, 7) is 20.0. The number of aryl methyl sites for hydroxylation is 1. The number of ketones is 2. The molecule has 0 spiro atoms. The number of fused-ring (bicyclic) bond motifs is 7. The van der Waals surface area contributed by atoms with Gasteiger partial charge in [0.25, 0.3) is 0 Å². The molecular weight excluding hydrogens is 733 g/mol. The number of aliphatic carboxylic acids is 1. The molecule has 6 aliphatic rings. The van der Waals surface area contributed by atoms with Gasteiger partial charge in [0, 0.05) is 57.8 Å². The summed E-state index contributed by atoms with van der Waals surface area (Å²) in [7, 11) is 5.03. The second-order valence-electron chi connectivity index (χ2n) is 21.2. The maximum absolute atomic E-state index is 14.2. The summed E-state index contributed by atoms with van der Waals surface area (Å²) in [5.74, 6) is 2.02. The Balaban J connectivity index is 0.00000279. The SMILES string of the molecule is CO.Cc1nnc(C(=O)N(CCN(C)C)CCC23CCC4C(CCC5C4(C)CCC4C(C)(C)C(CC(=O)C6CC(C(=O)O)C6C)CCC45C)C2=C(C(C)C)C(=O)C3)o1. The van der Waals surface area contributed by atoms with Crippen LogP contribution in [0.2, 0.25) is 0 Å². The number of carboxylic acid groups (broad SMARTS) is 1. The van der Waals surface area contributed by atoms with Crippen molar-refractivity contribution in [3.63, 3.8) is 0 Å². The summed E-state index contributed by atoms with van der Waals surface area (Å²) >= 11 is 0. The van der Waals surface area contributed by atoms with Gasteiger partial charge in [-0.1, -0.05) is 54.0 Å². The van der Waals surface area contributed by atoms with E-state index in [1.807, 2.05) is 25.9 Å². The van der Waals surface area contributed by atoms with Gasteiger partial charge in [0.2, 0.25) is 5.89 Å². The lowest BCUT2D eigenvalue weighted by Crippen LogP contribution is -2.62. The summed E-state index contributed by atoms with van der Waals surface area (Å²) in [6, 6.07) is 0. The molecule has 1 aromatic rings. The normalized spacial score (nSPS) is 37.5. The van der Waals surface area contributed by atoms with Crippen LogP contribution < -0.4 is 0 Å². The number of carbonyl (C=O) groups is 4. The van der Waals surface area contributed by atoms with Gasteiger partial charge in [-0.2, -0.15) is 0 Å². The van der Waals surface area contributed by atoms with E-state index in [1.54, 1.807) is 6.92 Å². The van der Waals surface area contributed by atoms with E-state index in [0.717, 1.165) is 57.8 Å². The average Bonchev–Trinajstić information content (AvgIpc) is 3.72. The van der Waals surface area contributed by atoms with E-state index in [1.165, 1.54) is 24.8 Å². The third kappa shape index (κ3) is 7.44. The van der Waals surface area contributed by atoms with Gasteiger partial charge >= 0.3 is 17.8 Å². The summed E-state index contributed by atoms with van der Waals surface area (Å²) in [5.41, 5.74) is 2.71. The molecule has 2 N–H and O–H groups in total. The molecule has 11 heteroatoms. The van der Waals surface area contributed by atoms with Crippen molar-refractivity contribution in [1.82, 2.24) is 20.0 Å². The van der Waals surface area contributed by atoms with Crippen molar-refractivity contribution in [2.45, 2.75) is 132 Å². The van der Waals surface area contributed by atoms with Crippen LogP contribution in [0.1, 0.15) is 142 Å². The minimum atomic E-state index is -0.763. The first-order chi connectivity index (χ1) is 27.2. The molecular formula is C47H74N4O7. The molecule has 0 saturated heterocycles. The number of allylic oxidation sites excluding steroid dienone is 2. The molecule has 324 valence electrons. The van der Waals surface area contributed by atoms with Crippen LogP contribution in [0.3, 0.4) is 0 Å². The molecule has 0 aromatic carbocycles. The van der Waals surface area contributed by atoms with Crippen molar-refractivity contribution in [2.24, 2.45) is 74.9 Å². The third-order valence-electron chi connectivity index (χ3n) is 17.6. The number of aromatic nitrogens is 2. The van der Waals surface area contributed by atoms with Gasteiger partial charge in [-0.05, 0) is 142 Å². The zero-order valence-electron chi connectivity index (χ0n) is 37.5. The Morgan fingerprint density at radius 3 is 2.17 bits per heavy atom. The molecule has 0 aliphatic heterocycles. The number of Topliss-reactive ketones (excluding diaryl/α,β-unsaturated/α-hetero) is 2. The number of carboxylic acids is 1. The van der Waals surface area contributed by atoms with E-state index >= 15 is 0 Å². The molecule has 11 unspecified atom stereocenters. The van der Waals surface area contributed by atoms with Gasteiger partial charge < -0.3 is 24.4 Å². The molecule has 5 fully saturated rings. The van der Waals surface area contributed by atoms with E-state index in [4.69, 9.17) is 9.52 Å². The molecule has 1 aromatic heterocycles. The molecule has 0 radical (unpaired) electrons. The minimum Gasteiger partial charge on any atom is -0.481 e. The number of hydrogen-bond acceptors (Lipinski definition) is 9. The van der Waals surface area contributed by atoms with Crippen molar-refractivity contribution >= 4 is 23.4 Å². The predicted octanol–water partition coefficient (Wildman–Crippen LogP) is 7.90. The fourth-order valence-electron chi connectivity index (χ4n) is 14.6. The van der Waals surface area contributed by atoms with Crippen LogP contribution in [0.15, 0.2) is 15.6 Å². The fourth-order valence-corrected chi connectivity index (χ4v) is 14.6. The molecule has 1 amide bonds. The number of rotatable bonds is 12.